The Morgan fingerprint density at radius 2 is 2.33 bits per heavy atom. The Morgan fingerprint density at radius 3 is 3.17 bits per heavy atom. The van der Waals surface area contributed by atoms with Crippen molar-refractivity contribution >= 4 is 12.6 Å². The largest absolute Gasteiger partial charge is 0.493 e. The number of hydrogen-bond donors (Lipinski definition) is 2. The zero-order valence-electron chi connectivity index (χ0n) is 6.66. The van der Waals surface area contributed by atoms with Crippen molar-refractivity contribution in [2.45, 2.75) is 17.4 Å². The van der Waals surface area contributed by atoms with Gasteiger partial charge in [-0.15, -0.1) is 12.6 Å². The number of hydrogen-bond acceptors (Lipinski definition) is 3. The number of nitrogens with two attached hydrogens (primary N) is 1. The molecule has 64 valence electrons. The van der Waals surface area contributed by atoms with Crippen molar-refractivity contribution in [2.24, 2.45) is 5.73 Å². The van der Waals surface area contributed by atoms with Gasteiger partial charge in [-0.3, -0.25) is 0 Å². The van der Waals surface area contributed by atoms with Crippen molar-refractivity contribution in [3.05, 3.63) is 23.8 Å². The van der Waals surface area contributed by atoms with Crippen molar-refractivity contribution < 1.29 is 4.74 Å². The van der Waals surface area contributed by atoms with Crippen LogP contribution in [-0.4, -0.2) is 6.61 Å². The van der Waals surface area contributed by atoms with E-state index >= 15 is 0 Å². The molecular formula is C9H11NOS. The zero-order chi connectivity index (χ0) is 8.55. The van der Waals surface area contributed by atoms with E-state index in [2.05, 4.69) is 12.6 Å². The topological polar surface area (TPSA) is 35.2 Å². The maximum atomic E-state index is 5.89. The van der Waals surface area contributed by atoms with E-state index in [1.165, 1.54) is 0 Å². The maximum absolute atomic E-state index is 5.89. The van der Waals surface area contributed by atoms with Crippen LogP contribution >= 0.6 is 12.6 Å². The molecule has 3 heteroatoms. The smallest absolute Gasteiger partial charge is 0.125 e. The Morgan fingerprint density at radius 1 is 1.50 bits per heavy atom. The number of fused-ring (bicyclic) bond motifs is 1. The molecule has 1 aliphatic heterocycles. The van der Waals surface area contributed by atoms with E-state index in [0.29, 0.717) is 6.61 Å². The third-order valence-electron chi connectivity index (χ3n) is 2.08. The molecule has 0 spiro atoms. The summed E-state index contributed by atoms with van der Waals surface area (Å²) in [5.41, 5.74) is 6.99. The maximum Gasteiger partial charge on any atom is 0.125 e. The van der Waals surface area contributed by atoms with Crippen LogP contribution in [0.5, 0.6) is 5.75 Å². The minimum absolute atomic E-state index is 0.127. The highest BCUT2D eigenvalue weighted by molar-refractivity contribution is 7.80. The van der Waals surface area contributed by atoms with Crippen LogP contribution in [0, 0.1) is 0 Å². The van der Waals surface area contributed by atoms with Gasteiger partial charge < -0.3 is 10.5 Å². The SMILES string of the molecule is N[C@@H]1CCOc2cc(S)ccc21. The van der Waals surface area contributed by atoms with Crippen LogP contribution in [0.25, 0.3) is 0 Å². The average molecular weight is 181 g/mol. The summed E-state index contributed by atoms with van der Waals surface area (Å²) in [7, 11) is 0. The van der Waals surface area contributed by atoms with Gasteiger partial charge in [0.2, 0.25) is 0 Å². The summed E-state index contributed by atoms with van der Waals surface area (Å²) >= 11 is 4.23. The predicted octanol–water partition coefficient (Wildman–Crippen LogP) is 1.76. The highest BCUT2D eigenvalue weighted by Crippen LogP contribution is 2.31. The second-order valence-electron chi connectivity index (χ2n) is 2.97. The highest BCUT2D eigenvalue weighted by atomic mass is 32.1. The Kier molecular flexibility index (Phi) is 1.98. The molecule has 1 aromatic carbocycles. The lowest BCUT2D eigenvalue weighted by atomic mass is 10.0. The monoisotopic (exact) mass is 181 g/mol. The fourth-order valence-electron chi connectivity index (χ4n) is 1.41. The van der Waals surface area contributed by atoms with Gasteiger partial charge in [-0.05, 0) is 12.1 Å². The van der Waals surface area contributed by atoms with Crippen molar-refractivity contribution in [1.82, 2.24) is 0 Å². The molecule has 0 aromatic heterocycles. The molecule has 0 bridgehead atoms. The molecule has 0 unspecified atom stereocenters. The summed E-state index contributed by atoms with van der Waals surface area (Å²) in [5.74, 6) is 0.890. The third kappa shape index (κ3) is 1.30. The van der Waals surface area contributed by atoms with Crippen LogP contribution in [0.4, 0.5) is 0 Å². The second-order valence-corrected chi connectivity index (χ2v) is 3.48. The van der Waals surface area contributed by atoms with Gasteiger partial charge in [0, 0.05) is 22.9 Å². The molecule has 1 aromatic rings. The first-order valence-electron chi connectivity index (χ1n) is 3.98. The van der Waals surface area contributed by atoms with Gasteiger partial charge >= 0.3 is 0 Å². The third-order valence-corrected chi connectivity index (χ3v) is 2.36. The molecule has 1 atom stereocenters. The Labute approximate surface area is 77.1 Å². The molecule has 2 rings (SSSR count). The molecule has 2 N–H and O–H groups in total. The van der Waals surface area contributed by atoms with Crippen molar-refractivity contribution in [1.29, 1.82) is 0 Å². The Hall–Kier alpha value is -0.670. The van der Waals surface area contributed by atoms with Gasteiger partial charge in [-0.2, -0.15) is 0 Å². The van der Waals surface area contributed by atoms with Crippen molar-refractivity contribution in [3.8, 4) is 5.75 Å². The normalized spacial score (nSPS) is 21.3. The average Bonchev–Trinajstić information content (AvgIpc) is 2.04. The minimum Gasteiger partial charge on any atom is -0.493 e. The van der Waals surface area contributed by atoms with Gasteiger partial charge in [0.25, 0.3) is 0 Å². The summed E-state index contributed by atoms with van der Waals surface area (Å²) in [6.45, 7) is 0.714. The van der Waals surface area contributed by atoms with Crippen LogP contribution in [0.2, 0.25) is 0 Å². The van der Waals surface area contributed by atoms with Crippen LogP contribution in [0.15, 0.2) is 23.1 Å². The van der Waals surface area contributed by atoms with Gasteiger partial charge in [0.15, 0.2) is 0 Å². The molecule has 0 radical (unpaired) electrons. The van der Waals surface area contributed by atoms with E-state index in [0.717, 1.165) is 22.6 Å². The Bertz CT molecular complexity index is 301. The lowest BCUT2D eigenvalue weighted by molar-refractivity contribution is 0.268. The van der Waals surface area contributed by atoms with Gasteiger partial charge in [-0.25, -0.2) is 0 Å². The quantitative estimate of drug-likeness (QED) is 0.598. The van der Waals surface area contributed by atoms with E-state index in [1.807, 2.05) is 18.2 Å². The summed E-state index contributed by atoms with van der Waals surface area (Å²) in [5, 5.41) is 0. The molecule has 0 aliphatic carbocycles. The van der Waals surface area contributed by atoms with Crippen LogP contribution in [-0.2, 0) is 0 Å². The van der Waals surface area contributed by atoms with Crippen LogP contribution < -0.4 is 10.5 Å². The van der Waals surface area contributed by atoms with Crippen molar-refractivity contribution in [2.75, 3.05) is 6.61 Å². The highest BCUT2D eigenvalue weighted by Gasteiger charge is 2.17. The van der Waals surface area contributed by atoms with Gasteiger partial charge in [0.1, 0.15) is 5.75 Å². The molecule has 0 fully saturated rings. The number of ether oxygens (including phenoxy) is 1. The van der Waals surface area contributed by atoms with E-state index in [9.17, 15) is 0 Å². The van der Waals surface area contributed by atoms with Gasteiger partial charge in [-0.1, -0.05) is 6.07 Å². The lowest BCUT2D eigenvalue weighted by Crippen LogP contribution is -2.20. The summed E-state index contributed by atoms with van der Waals surface area (Å²) in [6, 6.07) is 5.97. The fraction of sp³-hybridized carbons (Fsp3) is 0.333. The van der Waals surface area contributed by atoms with Crippen LogP contribution in [0.3, 0.4) is 0 Å². The zero-order valence-corrected chi connectivity index (χ0v) is 7.55. The van der Waals surface area contributed by atoms with Gasteiger partial charge in [0.05, 0.1) is 6.61 Å². The van der Waals surface area contributed by atoms with E-state index in [1.54, 1.807) is 0 Å². The Balaban J connectivity index is 2.46. The summed E-state index contributed by atoms with van der Waals surface area (Å²) in [6.07, 6.45) is 0.902. The number of thiol groups is 1. The summed E-state index contributed by atoms with van der Waals surface area (Å²) in [4.78, 5) is 0.919. The van der Waals surface area contributed by atoms with E-state index in [-0.39, 0.29) is 6.04 Å². The standard InChI is InChI=1S/C9H11NOS/c10-8-3-4-11-9-5-6(12)1-2-7(8)9/h1-2,5,8,12H,3-4,10H2/t8-/m1/s1. The molecule has 1 heterocycles. The first kappa shape index (κ1) is 7.95. The molecule has 2 nitrogen and oxygen atoms in total. The summed E-state index contributed by atoms with van der Waals surface area (Å²) < 4.78 is 5.45. The van der Waals surface area contributed by atoms with E-state index in [4.69, 9.17) is 10.5 Å². The fourth-order valence-corrected chi connectivity index (χ4v) is 1.60. The molecule has 0 saturated carbocycles. The molecule has 1 aliphatic rings. The molecular weight excluding hydrogens is 170 g/mol. The number of benzene rings is 1. The lowest BCUT2D eigenvalue weighted by Gasteiger charge is -2.22. The van der Waals surface area contributed by atoms with E-state index < -0.39 is 0 Å². The van der Waals surface area contributed by atoms with Crippen molar-refractivity contribution in [3.63, 3.8) is 0 Å². The molecule has 12 heavy (non-hydrogen) atoms. The molecule has 0 saturated heterocycles. The minimum atomic E-state index is 0.127. The molecule has 0 amide bonds. The first-order chi connectivity index (χ1) is 5.77. The first-order valence-corrected chi connectivity index (χ1v) is 4.43. The van der Waals surface area contributed by atoms with Crippen LogP contribution in [0.1, 0.15) is 18.0 Å². The second kappa shape index (κ2) is 2.99. The number of rotatable bonds is 0. The predicted molar refractivity (Wildman–Crippen MR) is 50.7 cm³/mol.